The number of rotatable bonds is 81. The molecule has 0 spiro atoms. The molecule has 0 aromatic rings. The lowest BCUT2D eigenvalue weighted by Crippen LogP contribution is -1.93. The second kappa shape index (κ2) is 108. The van der Waals surface area contributed by atoms with Gasteiger partial charge in [-0.25, -0.2) is 0 Å². The van der Waals surface area contributed by atoms with Crippen LogP contribution in [0.15, 0.2) is 0 Å². The van der Waals surface area contributed by atoms with Gasteiger partial charge in [-0.1, -0.05) is 11.7 Å². The van der Waals surface area contributed by atoms with Crippen LogP contribution in [-0.2, 0) is 33.0 Å². The highest BCUT2D eigenvalue weighted by Gasteiger charge is 2.09. The summed E-state index contributed by atoms with van der Waals surface area (Å²) < 4.78 is 5.41. The van der Waals surface area contributed by atoms with E-state index in [9.17, 15) is 0 Å². The van der Waals surface area contributed by atoms with E-state index < -0.39 is 6.46 Å². The van der Waals surface area contributed by atoms with Gasteiger partial charge in [-0.2, -0.15) is 0 Å². The molecule has 0 radical (unpaired) electrons. The Kier molecular flexibility index (Phi) is 144. The van der Waals surface area contributed by atoms with Crippen molar-refractivity contribution in [1.82, 2.24) is 0 Å². The Balaban J connectivity index is 3.10. The zero-order chi connectivity index (χ0) is 61.8. The minimum Gasteiger partial charge on any atom is -0.302 e. The summed E-state index contributed by atoms with van der Waals surface area (Å²) in [5.41, 5.74) is 0. The Bertz CT molecular complexity index is 1260. The van der Waals surface area contributed by atoms with Crippen molar-refractivity contribution < 1.29 is 4.18 Å². The third kappa shape index (κ3) is 109. The molecule has 86 heavy (non-hydrogen) atoms. The average Bonchev–Trinajstić information content (AvgIpc) is 3.50. The van der Waals surface area contributed by atoms with Gasteiger partial charge in [0.1, 0.15) is 0 Å². The Morgan fingerprint density at radius 2 is 0.279 bits per heavy atom. The molecule has 84 heteroatoms. The average molecular weight is 2710 g/mol. The Hall–Kier alpha value is 28.8. The molecule has 0 amide bonds. The summed E-state index contributed by atoms with van der Waals surface area (Å²) in [6.07, 6.45) is 0. The summed E-state index contributed by atoms with van der Waals surface area (Å²) in [4.78, 5) is 0. The molecule has 0 N–H and O–H groups in total. The minimum atomic E-state index is -1.82. The van der Waals surface area contributed by atoms with Crippen LogP contribution in [-0.4, -0.2) is 6.61 Å². The zero-order valence-corrected chi connectivity index (χ0v) is 104. The highest BCUT2D eigenvalue weighted by molar-refractivity contribution is 9.66. The summed E-state index contributed by atoms with van der Waals surface area (Å²) in [5, 5.41) is 0. The molecule has 518 valence electrons. The van der Waals surface area contributed by atoms with Crippen LogP contribution in [0.3, 0.4) is 0 Å². The molecule has 0 aromatic carbocycles. The van der Waals surface area contributed by atoms with Crippen molar-refractivity contribution in [2.45, 2.75) is 6.92 Å². The van der Waals surface area contributed by atoms with E-state index in [0.29, 0.717) is 6.61 Å². The fraction of sp³-hybridized carbons (Fsp3) is 1.00. The molecule has 0 bridgehead atoms. The first-order chi connectivity index (χ1) is 42.6. The lowest BCUT2D eigenvalue weighted by molar-refractivity contribution is 0.402. The van der Waals surface area contributed by atoms with Crippen molar-refractivity contribution in [3.8, 4) is 0 Å². The standard InChI is InChI=1S/C2H6OS83/c1-2-3-86(5,6)85-84-83-82-81-80-79-78-77-76-75-74-73-72-71-70-69-68-67-66-65-64-63-62-61-60-59-58-57-56-55-54-53-52-51-50-49-48-47-46-45-44-43-42-41-40-39-38-37-36-35-34-33-32-31-30-29-28-27-26-25-24-23-22-21-20-19-18-17-16-15-14-13-12-11-10-9-8-7-4/h4H,2H2,1H3. The highest BCUT2D eigenvalue weighted by atomic mass is 34.1. The van der Waals surface area contributed by atoms with Crippen LogP contribution in [0.4, 0.5) is 0 Å². The molecule has 0 aromatic heterocycles. The van der Waals surface area contributed by atoms with Crippen LogP contribution >= 0.6 is 788 Å². The second-order valence-corrected chi connectivity index (χ2v) is 153. The van der Waals surface area contributed by atoms with Gasteiger partial charge in [0.15, 0.2) is 0 Å². The van der Waals surface area contributed by atoms with Crippen molar-refractivity contribution in [1.29, 1.82) is 0 Å². The van der Waals surface area contributed by atoms with Crippen LogP contribution in [0, 0.1) is 0 Å². The molecule has 0 saturated carbocycles. The lowest BCUT2D eigenvalue weighted by Gasteiger charge is -2.06. The van der Waals surface area contributed by atoms with Gasteiger partial charge in [0.2, 0.25) is 0 Å². The van der Waals surface area contributed by atoms with Crippen LogP contribution in [0.1, 0.15) is 6.92 Å². The fourth-order valence-corrected chi connectivity index (χ4v) is 221. The number of hydrogen-bond acceptors (Lipinski definition) is 83. The molecule has 0 unspecified atom stereocenters. The Labute approximate surface area is 811 Å². The van der Waals surface area contributed by atoms with Crippen molar-refractivity contribution >= 4 is 817 Å². The monoisotopic (exact) mass is 2700 g/mol. The molecular formula is C2H6OS83. The summed E-state index contributed by atoms with van der Waals surface area (Å²) >= 11 is 14.7. The van der Waals surface area contributed by atoms with Gasteiger partial charge in [0.05, 0.1) is 13.1 Å². The van der Waals surface area contributed by atoms with E-state index in [4.69, 9.17) is 26.6 Å². The normalized spacial score (nSPS) is 12.0. The first-order valence-electron chi connectivity index (χ1n) is 14.8. The van der Waals surface area contributed by atoms with Crippen molar-refractivity contribution in [2.24, 2.45) is 0 Å². The van der Waals surface area contributed by atoms with Crippen molar-refractivity contribution in [2.75, 3.05) is 6.61 Å². The third-order valence-corrected chi connectivity index (χ3v) is 183. The van der Waals surface area contributed by atoms with Gasteiger partial charge in [0.25, 0.3) is 0 Å². The number of thiol groups is 1. The Morgan fingerprint density at radius 3 is 0.372 bits per heavy atom. The first-order valence-corrected chi connectivity index (χ1v) is 125. The zero-order valence-electron chi connectivity index (χ0n) is 36.0. The maximum Gasteiger partial charge on any atom is 0.0820 e. The van der Waals surface area contributed by atoms with E-state index in [2.05, 4.69) is 11.7 Å². The Morgan fingerprint density at radius 1 is 0.186 bits per heavy atom. The third-order valence-electron chi connectivity index (χ3n) is 2.51. The van der Waals surface area contributed by atoms with Crippen LogP contribution in [0.25, 0.3) is 0 Å². The van der Waals surface area contributed by atoms with E-state index in [-0.39, 0.29) is 0 Å². The van der Waals surface area contributed by atoms with Gasteiger partial charge in [0, 0.05) is 698 Å². The van der Waals surface area contributed by atoms with Gasteiger partial charge in [-0.3, -0.25) is 0 Å². The summed E-state index contributed by atoms with van der Waals surface area (Å²) in [6.45, 7) is 0.689. The fourth-order valence-electron chi connectivity index (χ4n) is 1.07. The molecule has 0 rings (SSSR count). The predicted octanol–water partition coefficient (Wildman–Crippen LogP) is 52.1. The molecule has 0 aliphatic carbocycles. The quantitative estimate of drug-likeness (QED) is 0.0352. The molecule has 0 aliphatic rings. The van der Waals surface area contributed by atoms with E-state index in [1.807, 2.05) is 626 Å². The van der Waals surface area contributed by atoms with Gasteiger partial charge < -0.3 is 4.18 Å². The topological polar surface area (TPSA) is 9.23 Å². The van der Waals surface area contributed by atoms with E-state index >= 15 is 0 Å². The molecule has 0 fully saturated rings. The lowest BCUT2D eigenvalue weighted by atomic mass is 10.9. The van der Waals surface area contributed by atoms with Crippen molar-refractivity contribution in [3.63, 3.8) is 0 Å². The molecule has 0 saturated heterocycles. The first kappa shape index (κ1) is 115. The molecular weight excluding hydrogens is 2700 g/mol. The van der Waals surface area contributed by atoms with Crippen LogP contribution < -0.4 is 0 Å². The molecule has 1 nitrogen and oxygen atoms in total. The molecule has 0 atom stereocenters. The smallest absolute Gasteiger partial charge is 0.0820 e. The van der Waals surface area contributed by atoms with Crippen LogP contribution in [0.2, 0.25) is 0 Å². The summed E-state index contributed by atoms with van der Waals surface area (Å²) in [7, 11) is 143. The number of hydrogen-bond donors (Lipinski definition) is 1. The van der Waals surface area contributed by atoms with Crippen molar-refractivity contribution in [3.05, 3.63) is 0 Å². The van der Waals surface area contributed by atoms with Gasteiger partial charge in [-0.15, -0.1) is 0 Å². The molecule has 0 heterocycles. The van der Waals surface area contributed by atoms with Gasteiger partial charge in [-0.05, 0) is 108 Å². The summed E-state index contributed by atoms with van der Waals surface area (Å²) in [5.74, 6) is 0. The predicted molar refractivity (Wildman–Crippen MR) is 642 cm³/mol. The second-order valence-electron chi connectivity index (χ2n) is 6.20. The largest absolute Gasteiger partial charge is 0.302 e. The van der Waals surface area contributed by atoms with E-state index in [1.165, 1.54) is 19.7 Å². The SMILES string of the molecule is CCOS(=S)(=S)SSSSSSSSSSSSSSSSSSSSSSSSSSSSSSSSSSSSSSSSSSSSSSSSSSSSSSSSSSSSSSSSSSSSSSSSSSSSSSSS. The van der Waals surface area contributed by atoms with E-state index in [1.54, 1.807) is 138 Å². The highest BCUT2D eigenvalue weighted by Crippen LogP contribution is 2.72. The maximum absolute atomic E-state index is 5.41. The minimum absolute atomic E-state index is 0.578. The summed E-state index contributed by atoms with van der Waals surface area (Å²) in [6, 6.07) is 0. The van der Waals surface area contributed by atoms with E-state index in [0.717, 1.165) is 0 Å². The van der Waals surface area contributed by atoms with Gasteiger partial charge >= 0.3 is 0 Å². The van der Waals surface area contributed by atoms with Crippen LogP contribution in [0.5, 0.6) is 0 Å². The molecule has 0 aliphatic heterocycles. The maximum atomic E-state index is 5.41.